The second-order valence-electron chi connectivity index (χ2n) is 7.03. The molecular formula is C21H23N5O. The largest absolute Gasteiger partial charge is 0.378 e. The lowest BCUT2D eigenvalue weighted by Crippen LogP contribution is -2.36. The van der Waals surface area contributed by atoms with E-state index in [1.54, 1.807) is 0 Å². The van der Waals surface area contributed by atoms with Crippen molar-refractivity contribution in [1.82, 2.24) is 19.7 Å². The Morgan fingerprint density at radius 2 is 1.89 bits per heavy atom. The molecule has 138 valence electrons. The number of aryl methyl sites for hydroxylation is 2. The van der Waals surface area contributed by atoms with Crippen molar-refractivity contribution >= 4 is 27.6 Å². The van der Waals surface area contributed by atoms with Crippen molar-refractivity contribution in [3.63, 3.8) is 0 Å². The third-order valence-corrected chi connectivity index (χ3v) is 5.51. The highest BCUT2D eigenvalue weighted by Gasteiger charge is 2.18. The van der Waals surface area contributed by atoms with Crippen LogP contribution >= 0.6 is 0 Å². The third-order valence-electron chi connectivity index (χ3n) is 5.51. The van der Waals surface area contributed by atoms with Crippen LogP contribution in [0.3, 0.4) is 0 Å². The van der Waals surface area contributed by atoms with E-state index in [0.717, 1.165) is 55.0 Å². The molecule has 1 N–H and O–H groups in total. The predicted molar refractivity (Wildman–Crippen MR) is 108 cm³/mol. The summed E-state index contributed by atoms with van der Waals surface area (Å²) >= 11 is 0. The summed E-state index contributed by atoms with van der Waals surface area (Å²) in [7, 11) is 1.99. The van der Waals surface area contributed by atoms with Gasteiger partial charge in [0, 0.05) is 42.8 Å². The van der Waals surface area contributed by atoms with Gasteiger partial charge in [0.05, 0.1) is 30.6 Å². The predicted octanol–water partition coefficient (Wildman–Crippen LogP) is 3.52. The van der Waals surface area contributed by atoms with Crippen molar-refractivity contribution in [2.75, 3.05) is 31.2 Å². The average molecular weight is 361 g/mol. The molecule has 1 aliphatic heterocycles. The van der Waals surface area contributed by atoms with E-state index in [2.05, 4.69) is 51.2 Å². The molecule has 27 heavy (non-hydrogen) atoms. The summed E-state index contributed by atoms with van der Waals surface area (Å²) in [5.74, 6) is 0. The minimum absolute atomic E-state index is 0.802. The lowest BCUT2D eigenvalue weighted by Gasteiger charge is -2.28. The highest BCUT2D eigenvalue weighted by Crippen LogP contribution is 2.34. The molecule has 6 nitrogen and oxygen atoms in total. The van der Waals surface area contributed by atoms with Crippen molar-refractivity contribution in [2.24, 2.45) is 7.05 Å². The van der Waals surface area contributed by atoms with Gasteiger partial charge < -0.3 is 14.6 Å². The Kier molecular flexibility index (Phi) is 3.86. The fourth-order valence-electron chi connectivity index (χ4n) is 4.13. The minimum atomic E-state index is 0.802. The maximum atomic E-state index is 5.46. The van der Waals surface area contributed by atoms with Gasteiger partial charge in [-0.2, -0.15) is 5.10 Å². The molecule has 3 aromatic heterocycles. The average Bonchev–Trinajstić information content (AvgIpc) is 3.29. The van der Waals surface area contributed by atoms with Gasteiger partial charge in [-0.15, -0.1) is 0 Å². The Hall–Kier alpha value is -2.86. The van der Waals surface area contributed by atoms with Gasteiger partial charge in [-0.05, 0) is 29.7 Å². The number of fused-ring (bicyclic) bond motifs is 3. The maximum Gasteiger partial charge on any atom is 0.140 e. The lowest BCUT2D eigenvalue weighted by atomic mass is 10.0. The van der Waals surface area contributed by atoms with Gasteiger partial charge in [0.2, 0.25) is 0 Å². The number of aromatic nitrogens is 4. The number of nitrogens with one attached hydrogen (secondary N) is 1. The SMILES string of the molecule is CCc1c(-c2ccc(N3CCOCC3)cc2)[nH]c2ncc3cnn(C)c3c12. The summed E-state index contributed by atoms with van der Waals surface area (Å²) in [6.07, 6.45) is 4.71. The van der Waals surface area contributed by atoms with Crippen LogP contribution in [0.5, 0.6) is 0 Å². The molecule has 1 fully saturated rings. The van der Waals surface area contributed by atoms with Crippen LogP contribution in [0.2, 0.25) is 0 Å². The van der Waals surface area contributed by atoms with Crippen LogP contribution in [0.1, 0.15) is 12.5 Å². The molecule has 1 saturated heterocycles. The van der Waals surface area contributed by atoms with Crippen LogP contribution in [-0.2, 0) is 18.2 Å². The normalized spacial score (nSPS) is 15.1. The van der Waals surface area contributed by atoms with Crippen molar-refractivity contribution in [3.05, 3.63) is 42.2 Å². The Morgan fingerprint density at radius 1 is 1.11 bits per heavy atom. The number of H-pyrrole nitrogens is 1. The number of aromatic amines is 1. The van der Waals surface area contributed by atoms with E-state index in [0.29, 0.717) is 0 Å². The number of benzene rings is 1. The van der Waals surface area contributed by atoms with Crippen molar-refractivity contribution in [2.45, 2.75) is 13.3 Å². The van der Waals surface area contributed by atoms with E-state index in [1.807, 2.05) is 24.1 Å². The molecule has 0 saturated carbocycles. The van der Waals surface area contributed by atoms with Crippen molar-refractivity contribution in [3.8, 4) is 11.3 Å². The number of pyridine rings is 1. The van der Waals surface area contributed by atoms with E-state index in [1.165, 1.54) is 22.2 Å². The number of ether oxygens (including phenoxy) is 1. The van der Waals surface area contributed by atoms with Crippen LogP contribution in [0.25, 0.3) is 33.2 Å². The number of anilines is 1. The topological polar surface area (TPSA) is 59.0 Å². The van der Waals surface area contributed by atoms with Crippen molar-refractivity contribution in [1.29, 1.82) is 0 Å². The molecule has 6 heteroatoms. The zero-order chi connectivity index (χ0) is 18.4. The highest BCUT2D eigenvalue weighted by molar-refractivity contribution is 6.06. The van der Waals surface area contributed by atoms with Crippen LogP contribution in [0.4, 0.5) is 5.69 Å². The minimum Gasteiger partial charge on any atom is -0.378 e. The molecule has 0 amide bonds. The van der Waals surface area contributed by atoms with Gasteiger partial charge in [-0.1, -0.05) is 19.1 Å². The first-order valence-corrected chi connectivity index (χ1v) is 9.50. The van der Waals surface area contributed by atoms with Crippen LogP contribution < -0.4 is 4.90 Å². The summed E-state index contributed by atoms with van der Waals surface area (Å²) in [6, 6.07) is 8.82. The van der Waals surface area contributed by atoms with Gasteiger partial charge in [0.25, 0.3) is 0 Å². The number of nitrogens with zero attached hydrogens (tertiary/aromatic N) is 4. The Labute approximate surface area is 157 Å². The van der Waals surface area contributed by atoms with Gasteiger partial charge in [-0.3, -0.25) is 4.68 Å². The molecule has 0 unspecified atom stereocenters. The van der Waals surface area contributed by atoms with E-state index in [4.69, 9.17) is 4.74 Å². The molecule has 1 aromatic carbocycles. The molecule has 4 heterocycles. The van der Waals surface area contributed by atoms with E-state index in [9.17, 15) is 0 Å². The Bertz CT molecular complexity index is 1100. The summed E-state index contributed by atoms with van der Waals surface area (Å²) in [4.78, 5) is 10.6. The fourth-order valence-corrected chi connectivity index (χ4v) is 4.13. The molecule has 0 aliphatic carbocycles. The zero-order valence-electron chi connectivity index (χ0n) is 15.7. The molecule has 4 aromatic rings. The molecule has 0 bridgehead atoms. The van der Waals surface area contributed by atoms with Gasteiger partial charge in [0.15, 0.2) is 0 Å². The Morgan fingerprint density at radius 3 is 2.63 bits per heavy atom. The standard InChI is InChI=1S/C21H23N5O/c1-3-17-18-20-15(13-23-25(20)2)12-22-21(18)24-19(17)14-4-6-16(7-5-14)26-8-10-27-11-9-26/h4-7,12-13H,3,8-11H2,1-2H3,(H,22,24). The highest BCUT2D eigenvalue weighted by atomic mass is 16.5. The van der Waals surface area contributed by atoms with E-state index < -0.39 is 0 Å². The zero-order valence-corrected chi connectivity index (χ0v) is 15.7. The summed E-state index contributed by atoms with van der Waals surface area (Å²) < 4.78 is 7.40. The number of morpholine rings is 1. The first-order valence-electron chi connectivity index (χ1n) is 9.50. The van der Waals surface area contributed by atoms with Gasteiger partial charge in [-0.25, -0.2) is 4.98 Å². The molecular weight excluding hydrogens is 338 g/mol. The van der Waals surface area contributed by atoms with Gasteiger partial charge >= 0.3 is 0 Å². The summed E-state index contributed by atoms with van der Waals surface area (Å²) in [5.41, 5.74) is 6.97. The number of hydrogen-bond donors (Lipinski definition) is 1. The fraction of sp³-hybridized carbons (Fsp3) is 0.333. The molecule has 0 atom stereocenters. The summed E-state index contributed by atoms with van der Waals surface area (Å²) in [6.45, 7) is 5.71. The molecule has 0 spiro atoms. The Balaban J connectivity index is 1.62. The van der Waals surface area contributed by atoms with E-state index >= 15 is 0 Å². The van der Waals surface area contributed by atoms with Crippen LogP contribution in [0.15, 0.2) is 36.7 Å². The van der Waals surface area contributed by atoms with E-state index in [-0.39, 0.29) is 0 Å². The molecule has 0 radical (unpaired) electrons. The second kappa shape index (κ2) is 6.39. The second-order valence-corrected chi connectivity index (χ2v) is 7.03. The first-order chi connectivity index (χ1) is 13.3. The van der Waals surface area contributed by atoms with Gasteiger partial charge in [0.1, 0.15) is 5.65 Å². The van der Waals surface area contributed by atoms with Crippen molar-refractivity contribution < 1.29 is 4.74 Å². The number of hydrogen-bond acceptors (Lipinski definition) is 4. The quantitative estimate of drug-likeness (QED) is 0.607. The smallest absolute Gasteiger partial charge is 0.140 e. The maximum absolute atomic E-state index is 5.46. The van der Waals surface area contributed by atoms with Crippen LogP contribution in [-0.4, -0.2) is 46.1 Å². The monoisotopic (exact) mass is 361 g/mol. The summed E-state index contributed by atoms with van der Waals surface area (Å²) in [5, 5.41) is 6.67. The molecule has 1 aliphatic rings. The van der Waals surface area contributed by atoms with Crippen LogP contribution in [0, 0.1) is 0 Å². The number of rotatable bonds is 3. The third kappa shape index (κ3) is 2.59. The molecule has 5 rings (SSSR count). The first kappa shape index (κ1) is 16.3. The lowest BCUT2D eigenvalue weighted by molar-refractivity contribution is 0.122.